The summed E-state index contributed by atoms with van der Waals surface area (Å²) in [7, 11) is 3.04. The minimum atomic E-state index is -0.728. The van der Waals surface area contributed by atoms with Gasteiger partial charge in [-0.05, 0) is 49.6 Å². The second-order valence-electron chi connectivity index (χ2n) is 7.65. The molecule has 0 radical (unpaired) electrons. The van der Waals surface area contributed by atoms with Gasteiger partial charge in [-0.3, -0.25) is 9.59 Å². The molecule has 2 amide bonds. The van der Waals surface area contributed by atoms with Crippen LogP contribution in [0.2, 0.25) is 5.02 Å². The topological polar surface area (TPSA) is 77.1 Å². The van der Waals surface area contributed by atoms with E-state index < -0.39 is 6.04 Å². The highest BCUT2D eigenvalue weighted by Crippen LogP contribution is 2.29. The molecule has 3 rings (SSSR count). The number of methoxy groups -OCH3 is 2. The first-order valence-corrected chi connectivity index (χ1v) is 11.0. The summed E-state index contributed by atoms with van der Waals surface area (Å²) < 4.78 is 16.2. The summed E-state index contributed by atoms with van der Waals surface area (Å²) in [5.41, 5.74) is 1.13. The molecule has 0 aliphatic carbocycles. The Morgan fingerprint density at radius 3 is 2.59 bits per heavy atom. The summed E-state index contributed by atoms with van der Waals surface area (Å²) in [5, 5.41) is 3.45. The summed E-state index contributed by atoms with van der Waals surface area (Å²) in [4.78, 5) is 28.0. The van der Waals surface area contributed by atoms with E-state index in [2.05, 4.69) is 5.32 Å². The van der Waals surface area contributed by atoms with Crippen LogP contribution < -0.4 is 14.8 Å². The van der Waals surface area contributed by atoms with Crippen molar-refractivity contribution < 1.29 is 23.8 Å². The van der Waals surface area contributed by atoms with Crippen molar-refractivity contribution in [2.75, 3.05) is 27.4 Å². The minimum absolute atomic E-state index is 0.0183. The number of nitrogens with one attached hydrogen (secondary N) is 1. The van der Waals surface area contributed by atoms with Gasteiger partial charge in [-0.15, -0.1) is 0 Å². The van der Waals surface area contributed by atoms with E-state index >= 15 is 0 Å². The minimum Gasteiger partial charge on any atom is -0.493 e. The lowest BCUT2D eigenvalue weighted by Gasteiger charge is -2.29. The van der Waals surface area contributed by atoms with Crippen molar-refractivity contribution >= 4 is 23.4 Å². The first-order chi connectivity index (χ1) is 15.4. The molecule has 8 heteroatoms. The third-order valence-corrected chi connectivity index (χ3v) is 5.93. The molecule has 32 heavy (non-hydrogen) atoms. The number of halogens is 1. The van der Waals surface area contributed by atoms with E-state index in [0.29, 0.717) is 35.2 Å². The van der Waals surface area contributed by atoms with Crippen molar-refractivity contribution in [3.63, 3.8) is 0 Å². The Hall–Kier alpha value is -2.77. The molecule has 1 aliphatic heterocycles. The van der Waals surface area contributed by atoms with Crippen LogP contribution in [-0.2, 0) is 16.1 Å². The van der Waals surface area contributed by atoms with Crippen LogP contribution in [0.5, 0.6) is 11.5 Å². The van der Waals surface area contributed by atoms with Gasteiger partial charge in [0.15, 0.2) is 11.5 Å². The van der Waals surface area contributed by atoms with Crippen molar-refractivity contribution in [3.05, 3.63) is 58.6 Å². The Morgan fingerprint density at radius 2 is 1.94 bits per heavy atom. The zero-order valence-corrected chi connectivity index (χ0v) is 19.4. The zero-order chi connectivity index (χ0) is 23.1. The second-order valence-corrected chi connectivity index (χ2v) is 8.06. The van der Waals surface area contributed by atoms with Crippen molar-refractivity contribution in [2.24, 2.45) is 0 Å². The van der Waals surface area contributed by atoms with Gasteiger partial charge in [-0.2, -0.15) is 0 Å². The quantitative estimate of drug-likeness (QED) is 0.617. The van der Waals surface area contributed by atoms with Crippen LogP contribution in [0, 0.1) is 0 Å². The van der Waals surface area contributed by atoms with Crippen LogP contribution >= 0.6 is 11.6 Å². The van der Waals surface area contributed by atoms with Gasteiger partial charge in [0.1, 0.15) is 6.04 Å². The van der Waals surface area contributed by atoms with Crippen LogP contribution in [-0.4, -0.2) is 56.2 Å². The van der Waals surface area contributed by atoms with Gasteiger partial charge in [0.25, 0.3) is 5.91 Å². The van der Waals surface area contributed by atoms with Crippen molar-refractivity contribution in [1.29, 1.82) is 0 Å². The average molecular weight is 461 g/mol. The third-order valence-electron chi connectivity index (χ3n) is 5.56. The SMILES string of the molecule is COc1ccc(C(=O)N(Cc2ccccc2Cl)[C@@H](C)C(=O)NC[C@H]2CCCO2)cc1OC. The van der Waals surface area contributed by atoms with E-state index in [1.807, 2.05) is 18.2 Å². The van der Waals surface area contributed by atoms with Crippen molar-refractivity contribution in [2.45, 2.75) is 38.5 Å². The van der Waals surface area contributed by atoms with Gasteiger partial charge in [0, 0.05) is 30.3 Å². The van der Waals surface area contributed by atoms with E-state index in [4.69, 9.17) is 25.8 Å². The number of hydrogen-bond donors (Lipinski definition) is 1. The summed E-state index contributed by atoms with van der Waals surface area (Å²) in [5.74, 6) is 0.391. The van der Waals surface area contributed by atoms with Crippen molar-refractivity contribution in [1.82, 2.24) is 10.2 Å². The molecule has 1 heterocycles. The van der Waals surface area contributed by atoms with Gasteiger partial charge in [-0.25, -0.2) is 0 Å². The maximum absolute atomic E-state index is 13.5. The summed E-state index contributed by atoms with van der Waals surface area (Å²) in [6, 6.07) is 11.5. The molecule has 2 aromatic carbocycles. The van der Waals surface area contributed by atoms with Crippen LogP contribution in [0.15, 0.2) is 42.5 Å². The zero-order valence-electron chi connectivity index (χ0n) is 18.6. The van der Waals surface area contributed by atoms with E-state index in [-0.39, 0.29) is 24.5 Å². The molecule has 1 fully saturated rings. The number of rotatable bonds is 9. The second kappa shape index (κ2) is 11.2. The first kappa shape index (κ1) is 23.9. The summed E-state index contributed by atoms with van der Waals surface area (Å²) in [6.07, 6.45) is 1.93. The van der Waals surface area contributed by atoms with Crippen LogP contribution in [0.1, 0.15) is 35.7 Å². The average Bonchev–Trinajstić information content (AvgIpc) is 3.34. The molecule has 0 aromatic heterocycles. The van der Waals surface area contributed by atoms with Gasteiger partial charge in [0.2, 0.25) is 5.91 Å². The highest BCUT2D eigenvalue weighted by molar-refractivity contribution is 6.31. The van der Waals surface area contributed by atoms with Gasteiger partial charge >= 0.3 is 0 Å². The van der Waals surface area contributed by atoms with E-state index in [1.54, 1.807) is 31.2 Å². The summed E-state index contributed by atoms with van der Waals surface area (Å²) in [6.45, 7) is 3.03. The lowest BCUT2D eigenvalue weighted by atomic mass is 10.1. The molecule has 172 valence electrons. The number of ether oxygens (including phenoxy) is 3. The molecule has 0 saturated carbocycles. The predicted octanol–water partition coefficient (Wildman–Crippen LogP) is 3.68. The van der Waals surface area contributed by atoms with Crippen LogP contribution in [0.3, 0.4) is 0 Å². The fourth-order valence-corrected chi connectivity index (χ4v) is 3.83. The first-order valence-electron chi connectivity index (χ1n) is 10.6. The highest BCUT2D eigenvalue weighted by atomic mass is 35.5. The van der Waals surface area contributed by atoms with Gasteiger partial charge in [0.05, 0.1) is 20.3 Å². The summed E-state index contributed by atoms with van der Waals surface area (Å²) >= 11 is 6.35. The Bertz CT molecular complexity index is 946. The number of benzene rings is 2. The molecule has 1 aliphatic rings. The molecule has 7 nitrogen and oxygen atoms in total. The molecule has 0 unspecified atom stereocenters. The van der Waals surface area contributed by atoms with Crippen LogP contribution in [0.4, 0.5) is 0 Å². The van der Waals surface area contributed by atoms with E-state index in [1.165, 1.54) is 19.1 Å². The lowest BCUT2D eigenvalue weighted by Crippen LogP contribution is -2.49. The van der Waals surface area contributed by atoms with E-state index in [0.717, 1.165) is 18.4 Å². The lowest BCUT2D eigenvalue weighted by molar-refractivity contribution is -0.125. The Kier molecular flexibility index (Phi) is 8.36. The largest absolute Gasteiger partial charge is 0.493 e. The maximum atomic E-state index is 13.5. The Labute approximate surface area is 193 Å². The number of carbonyl (C=O) groups excluding carboxylic acids is 2. The smallest absolute Gasteiger partial charge is 0.254 e. The van der Waals surface area contributed by atoms with E-state index in [9.17, 15) is 9.59 Å². The molecular weight excluding hydrogens is 432 g/mol. The monoisotopic (exact) mass is 460 g/mol. The number of amides is 2. The highest BCUT2D eigenvalue weighted by Gasteiger charge is 2.29. The molecule has 2 atom stereocenters. The Morgan fingerprint density at radius 1 is 1.19 bits per heavy atom. The molecule has 0 spiro atoms. The van der Waals surface area contributed by atoms with Crippen molar-refractivity contribution in [3.8, 4) is 11.5 Å². The predicted molar refractivity (Wildman–Crippen MR) is 122 cm³/mol. The molecule has 1 N–H and O–H groups in total. The molecule has 0 bridgehead atoms. The van der Waals surface area contributed by atoms with Crippen LogP contribution in [0.25, 0.3) is 0 Å². The molecule has 1 saturated heterocycles. The molecular formula is C24H29ClN2O5. The Balaban J connectivity index is 1.84. The standard InChI is InChI=1S/C24H29ClN2O5/c1-16(23(28)26-14-19-8-6-12-32-19)27(15-18-7-4-5-9-20(18)25)24(29)17-10-11-21(30-2)22(13-17)31-3/h4-5,7,9-11,13,16,19H,6,8,12,14-15H2,1-3H3,(H,26,28)/t16-,19+/m0/s1. The molecule has 2 aromatic rings. The fourth-order valence-electron chi connectivity index (χ4n) is 3.64. The van der Waals surface area contributed by atoms with Gasteiger partial charge in [-0.1, -0.05) is 29.8 Å². The number of carbonyl (C=O) groups is 2. The number of hydrogen-bond acceptors (Lipinski definition) is 5. The normalized spacial score (nSPS) is 16.3. The van der Waals surface area contributed by atoms with Gasteiger partial charge < -0.3 is 24.4 Å². The maximum Gasteiger partial charge on any atom is 0.254 e. The third kappa shape index (κ3) is 5.72. The fraction of sp³-hybridized carbons (Fsp3) is 0.417. The number of nitrogens with zero attached hydrogens (tertiary/aromatic N) is 1.